The van der Waals surface area contributed by atoms with Crippen LogP contribution in [0.4, 0.5) is 16.3 Å². The number of ether oxygens (including phenoxy) is 1. The maximum Gasteiger partial charge on any atom is 0.225 e. The van der Waals surface area contributed by atoms with Gasteiger partial charge in [0.25, 0.3) is 0 Å². The summed E-state index contributed by atoms with van der Waals surface area (Å²) in [4.78, 5) is 11.4. The molecule has 1 heterocycles. The molecular weight excluding hydrogens is 305 g/mol. The number of halogens is 2. The lowest BCUT2D eigenvalue weighted by atomic mass is 10.3. The highest BCUT2D eigenvalue weighted by Gasteiger charge is 2.06. The van der Waals surface area contributed by atoms with E-state index in [-0.39, 0.29) is 24.3 Å². The average Bonchev–Trinajstić information content (AvgIpc) is 2.26. The molecule has 2 rings (SSSR count). The summed E-state index contributed by atoms with van der Waals surface area (Å²) in [7, 11) is 0. The first kappa shape index (κ1) is 12.5. The third-order valence-corrected chi connectivity index (χ3v) is 2.59. The van der Waals surface area contributed by atoms with Crippen LogP contribution < -0.4 is 16.2 Å². The number of nitrogen functional groups attached to an aromatic ring is 2. The number of nitrogens with two attached hydrogens (primary N) is 2. The van der Waals surface area contributed by atoms with Crippen LogP contribution in [0.1, 0.15) is 5.82 Å². The van der Waals surface area contributed by atoms with Crippen LogP contribution in [0.25, 0.3) is 0 Å². The van der Waals surface area contributed by atoms with Gasteiger partial charge in [0.2, 0.25) is 11.9 Å². The third kappa shape index (κ3) is 3.04. The minimum atomic E-state index is -0.358. The predicted octanol–water partition coefficient (Wildman–Crippen LogP) is 1.52. The van der Waals surface area contributed by atoms with Gasteiger partial charge in [0, 0.05) is 0 Å². The molecule has 0 amide bonds. The van der Waals surface area contributed by atoms with Crippen molar-refractivity contribution < 1.29 is 9.13 Å². The van der Waals surface area contributed by atoms with Crippen molar-refractivity contribution in [3.8, 4) is 5.75 Å². The smallest absolute Gasteiger partial charge is 0.225 e. The van der Waals surface area contributed by atoms with Crippen LogP contribution in [0.5, 0.6) is 5.75 Å². The highest BCUT2D eigenvalue weighted by molar-refractivity contribution is 9.10. The fourth-order valence-electron chi connectivity index (χ4n) is 1.26. The zero-order chi connectivity index (χ0) is 13.1. The van der Waals surface area contributed by atoms with Gasteiger partial charge in [0.15, 0.2) is 5.82 Å². The number of hydrogen-bond acceptors (Lipinski definition) is 6. The third-order valence-electron chi connectivity index (χ3n) is 1.97. The molecule has 0 aliphatic heterocycles. The molecule has 1 aromatic heterocycles. The van der Waals surface area contributed by atoms with Crippen molar-refractivity contribution in [2.24, 2.45) is 0 Å². The molecule has 18 heavy (non-hydrogen) atoms. The molecule has 4 N–H and O–H groups in total. The average molecular weight is 314 g/mol. The number of rotatable bonds is 3. The van der Waals surface area contributed by atoms with Gasteiger partial charge in [-0.2, -0.15) is 15.0 Å². The summed E-state index contributed by atoms with van der Waals surface area (Å²) < 4.78 is 18.8. The molecule has 0 saturated heterocycles. The van der Waals surface area contributed by atoms with Crippen molar-refractivity contribution in [2.75, 3.05) is 11.5 Å². The molecule has 0 unspecified atom stereocenters. The monoisotopic (exact) mass is 313 g/mol. The van der Waals surface area contributed by atoms with Gasteiger partial charge in [-0.25, -0.2) is 4.39 Å². The lowest BCUT2D eigenvalue weighted by Crippen LogP contribution is -2.09. The van der Waals surface area contributed by atoms with Gasteiger partial charge in [-0.3, -0.25) is 0 Å². The van der Waals surface area contributed by atoms with Crippen molar-refractivity contribution >= 4 is 27.8 Å². The zero-order valence-electron chi connectivity index (χ0n) is 9.10. The zero-order valence-corrected chi connectivity index (χ0v) is 10.7. The second-order valence-electron chi connectivity index (χ2n) is 3.33. The Kier molecular flexibility index (Phi) is 3.56. The van der Waals surface area contributed by atoms with Gasteiger partial charge in [0.05, 0.1) is 4.47 Å². The van der Waals surface area contributed by atoms with Gasteiger partial charge in [-0.15, -0.1) is 0 Å². The molecule has 0 saturated carbocycles. The maximum absolute atomic E-state index is 12.9. The Morgan fingerprint density at radius 3 is 2.44 bits per heavy atom. The van der Waals surface area contributed by atoms with E-state index in [1.165, 1.54) is 18.2 Å². The molecule has 0 aliphatic carbocycles. The molecule has 6 nitrogen and oxygen atoms in total. The minimum Gasteiger partial charge on any atom is -0.484 e. The summed E-state index contributed by atoms with van der Waals surface area (Å²) in [5, 5.41) is 0. The quantitative estimate of drug-likeness (QED) is 0.891. The Morgan fingerprint density at radius 2 is 1.83 bits per heavy atom. The van der Waals surface area contributed by atoms with E-state index in [2.05, 4.69) is 30.9 Å². The van der Waals surface area contributed by atoms with E-state index in [9.17, 15) is 4.39 Å². The first-order valence-electron chi connectivity index (χ1n) is 4.88. The molecule has 0 fully saturated rings. The molecular formula is C10H9BrFN5O. The summed E-state index contributed by atoms with van der Waals surface area (Å²) in [5.41, 5.74) is 10.8. The molecule has 8 heteroatoms. The predicted molar refractivity (Wildman–Crippen MR) is 67.1 cm³/mol. The number of nitrogens with zero attached hydrogens (tertiary/aromatic N) is 3. The van der Waals surface area contributed by atoms with Crippen LogP contribution >= 0.6 is 15.9 Å². The van der Waals surface area contributed by atoms with E-state index >= 15 is 0 Å². The Hall–Kier alpha value is -1.96. The van der Waals surface area contributed by atoms with Gasteiger partial charge in [0.1, 0.15) is 18.2 Å². The molecule has 0 spiro atoms. The van der Waals surface area contributed by atoms with Gasteiger partial charge in [-0.1, -0.05) is 0 Å². The Balaban J connectivity index is 2.11. The van der Waals surface area contributed by atoms with Crippen molar-refractivity contribution in [3.05, 3.63) is 34.3 Å². The van der Waals surface area contributed by atoms with E-state index in [1.807, 2.05) is 0 Å². The molecule has 1 aromatic carbocycles. The SMILES string of the molecule is Nc1nc(N)nc(COc2ccc(F)cc2Br)n1. The Morgan fingerprint density at radius 1 is 1.17 bits per heavy atom. The van der Waals surface area contributed by atoms with E-state index in [1.54, 1.807) is 0 Å². The van der Waals surface area contributed by atoms with Crippen LogP contribution in [-0.2, 0) is 6.61 Å². The lowest BCUT2D eigenvalue weighted by molar-refractivity contribution is 0.293. The fraction of sp³-hybridized carbons (Fsp3) is 0.100. The summed E-state index contributed by atoms with van der Waals surface area (Å²) in [6.45, 7) is 0.0567. The standard InChI is InChI=1S/C10H9BrFN5O/c11-6-3-5(12)1-2-7(6)18-4-8-15-9(13)17-10(14)16-8/h1-3H,4H2,(H4,13,14,15,16,17). The van der Waals surface area contributed by atoms with Crippen LogP contribution in [0.15, 0.2) is 22.7 Å². The topological polar surface area (TPSA) is 99.9 Å². The largest absolute Gasteiger partial charge is 0.484 e. The van der Waals surface area contributed by atoms with Crippen molar-refractivity contribution in [3.63, 3.8) is 0 Å². The van der Waals surface area contributed by atoms with Crippen LogP contribution in [-0.4, -0.2) is 15.0 Å². The number of aromatic nitrogens is 3. The lowest BCUT2D eigenvalue weighted by Gasteiger charge is -2.07. The summed E-state index contributed by atoms with van der Waals surface area (Å²) >= 11 is 3.18. The van der Waals surface area contributed by atoms with Gasteiger partial charge < -0.3 is 16.2 Å². The summed E-state index contributed by atoms with van der Waals surface area (Å²) in [6.07, 6.45) is 0. The number of hydrogen-bond donors (Lipinski definition) is 2. The Labute approximate surface area is 110 Å². The van der Waals surface area contributed by atoms with Crippen LogP contribution in [0.2, 0.25) is 0 Å². The van der Waals surface area contributed by atoms with Crippen LogP contribution in [0.3, 0.4) is 0 Å². The fourth-order valence-corrected chi connectivity index (χ4v) is 1.72. The first-order chi connectivity index (χ1) is 8.54. The van der Waals surface area contributed by atoms with E-state index in [4.69, 9.17) is 16.2 Å². The molecule has 0 atom stereocenters. The molecule has 2 aromatic rings. The first-order valence-corrected chi connectivity index (χ1v) is 5.67. The van der Waals surface area contributed by atoms with Crippen molar-refractivity contribution in [2.45, 2.75) is 6.61 Å². The maximum atomic E-state index is 12.9. The van der Waals surface area contributed by atoms with E-state index in [0.29, 0.717) is 16.0 Å². The number of benzene rings is 1. The minimum absolute atomic E-state index is 0.0271. The number of anilines is 2. The highest BCUT2D eigenvalue weighted by Crippen LogP contribution is 2.25. The molecule has 0 bridgehead atoms. The van der Waals surface area contributed by atoms with Gasteiger partial charge >= 0.3 is 0 Å². The molecule has 94 valence electrons. The van der Waals surface area contributed by atoms with Crippen molar-refractivity contribution in [1.82, 2.24) is 15.0 Å². The summed E-state index contributed by atoms with van der Waals surface area (Å²) in [6, 6.07) is 4.08. The second-order valence-corrected chi connectivity index (χ2v) is 4.19. The van der Waals surface area contributed by atoms with Crippen molar-refractivity contribution in [1.29, 1.82) is 0 Å². The van der Waals surface area contributed by atoms with E-state index in [0.717, 1.165) is 0 Å². The Bertz CT molecular complexity index is 560. The molecule has 0 radical (unpaired) electrons. The summed E-state index contributed by atoms with van der Waals surface area (Å²) in [5.74, 6) is 0.464. The normalized spacial score (nSPS) is 10.3. The molecule has 0 aliphatic rings. The van der Waals surface area contributed by atoms with E-state index < -0.39 is 0 Å². The van der Waals surface area contributed by atoms with Gasteiger partial charge in [-0.05, 0) is 34.1 Å². The van der Waals surface area contributed by atoms with Crippen LogP contribution in [0, 0.1) is 5.82 Å². The second kappa shape index (κ2) is 5.13. The highest BCUT2D eigenvalue weighted by atomic mass is 79.9.